The molecule has 31 heavy (non-hydrogen) atoms. The largest absolute Gasteiger partial charge is 0.423 e. The molecule has 0 radical (unpaired) electrons. The maximum absolute atomic E-state index is 13.3. The maximum Gasteiger partial charge on any atom is 0.423 e. The van der Waals surface area contributed by atoms with Crippen LogP contribution in [0.15, 0.2) is 47.5 Å². The molecule has 3 N–H and O–H groups in total. The number of nitrogen functional groups attached to an aromatic ring is 1. The fraction of sp³-hybridized carbons (Fsp3) is 0.421. The highest BCUT2D eigenvalue weighted by molar-refractivity contribution is 7.89. The third-order valence-corrected chi connectivity index (χ3v) is 7.05. The first-order chi connectivity index (χ1) is 14.5. The predicted octanol–water partition coefficient (Wildman–Crippen LogP) is 1.57. The monoisotopic (exact) mass is 460 g/mol. The van der Waals surface area contributed by atoms with Crippen LogP contribution in [-0.2, 0) is 20.4 Å². The SMILES string of the molecule is COCC(O)(c1ccc(N2CCN(S(=O)(=O)c3ccc(N)nc3)CC2)cc1)C(F)(F)F. The second kappa shape index (κ2) is 8.61. The van der Waals surface area contributed by atoms with Crippen LogP contribution in [0.1, 0.15) is 5.56 Å². The van der Waals surface area contributed by atoms with Gasteiger partial charge in [-0.1, -0.05) is 12.1 Å². The third-order valence-electron chi connectivity index (χ3n) is 5.17. The summed E-state index contributed by atoms with van der Waals surface area (Å²) in [5, 5.41) is 10.1. The average Bonchev–Trinajstić information content (AvgIpc) is 2.73. The number of hydrogen-bond donors (Lipinski definition) is 2. The molecule has 1 aromatic carbocycles. The number of nitrogens with two attached hydrogens (primary N) is 1. The van der Waals surface area contributed by atoms with Crippen LogP contribution in [0.25, 0.3) is 0 Å². The standard InChI is InChI=1S/C19H23F3N4O4S/c1-30-13-18(27,19(20,21)22)14-2-4-15(5-3-14)25-8-10-26(11-9-25)31(28,29)16-6-7-17(23)24-12-16/h2-7,12,27H,8-11,13H2,1H3,(H2,23,24). The van der Waals surface area contributed by atoms with E-state index in [1.807, 2.05) is 4.90 Å². The minimum Gasteiger partial charge on any atom is -0.384 e. The van der Waals surface area contributed by atoms with Crippen molar-refractivity contribution in [3.63, 3.8) is 0 Å². The lowest BCUT2D eigenvalue weighted by Gasteiger charge is -2.36. The van der Waals surface area contributed by atoms with Gasteiger partial charge in [0.05, 0.1) is 6.61 Å². The summed E-state index contributed by atoms with van der Waals surface area (Å²) in [4.78, 5) is 5.72. The Bertz CT molecular complexity index is 992. The van der Waals surface area contributed by atoms with Gasteiger partial charge in [-0.05, 0) is 29.8 Å². The molecule has 1 unspecified atom stereocenters. The highest BCUT2D eigenvalue weighted by Gasteiger charge is 2.55. The number of piperazine rings is 1. The molecule has 1 fully saturated rings. The fourth-order valence-corrected chi connectivity index (χ4v) is 4.73. The van der Waals surface area contributed by atoms with Gasteiger partial charge in [0.1, 0.15) is 10.7 Å². The smallest absolute Gasteiger partial charge is 0.384 e. The Morgan fingerprint density at radius 1 is 1.10 bits per heavy atom. The van der Waals surface area contributed by atoms with Crippen molar-refractivity contribution in [2.75, 3.05) is 50.5 Å². The number of pyridine rings is 1. The number of halogens is 3. The van der Waals surface area contributed by atoms with Gasteiger partial charge in [-0.2, -0.15) is 17.5 Å². The Morgan fingerprint density at radius 3 is 2.19 bits per heavy atom. The third kappa shape index (κ3) is 4.61. The predicted molar refractivity (Wildman–Crippen MR) is 108 cm³/mol. The Morgan fingerprint density at radius 2 is 1.71 bits per heavy atom. The van der Waals surface area contributed by atoms with Crippen molar-refractivity contribution >= 4 is 21.5 Å². The first-order valence-corrected chi connectivity index (χ1v) is 10.8. The molecule has 8 nitrogen and oxygen atoms in total. The van der Waals surface area contributed by atoms with E-state index >= 15 is 0 Å². The van der Waals surface area contributed by atoms with Crippen molar-refractivity contribution in [3.8, 4) is 0 Å². The number of alkyl halides is 3. The van der Waals surface area contributed by atoms with Crippen LogP contribution in [0.3, 0.4) is 0 Å². The zero-order valence-electron chi connectivity index (χ0n) is 16.7. The van der Waals surface area contributed by atoms with E-state index < -0.39 is 28.4 Å². The summed E-state index contributed by atoms with van der Waals surface area (Å²) in [6, 6.07) is 8.14. The number of rotatable bonds is 6. The van der Waals surface area contributed by atoms with Crippen LogP contribution in [0.4, 0.5) is 24.7 Å². The van der Waals surface area contributed by atoms with Crippen molar-refractivity contribution in [1.29, 1.82) is 0 Å². The number of hydrogen-bond acceptors (Lipinski definition) is 7. The van der Waals surface area contributed by atoms with Crippen LogP contribution in [0, 0.1) is 0 Å². The van der Waals surface area contributed by atoms with Gasteiger partial charge >= 0.3 is 6.18 Å². The molecule has 0 amide bonds. The normalized spacial score (nSPS) is 18.0. The van der Waals surface area contributed by atoms with Crippen LogP contribution in [-0.4, -0.2) is 68.9 Å². The minimum absolute atomic E-state index is 0.0454. The van der Waals surface area contributed by atoms with Gasteiger partial charge in [-0.25, -0.2) is 13.4 Å². The van der Waals surface area contributed by atoms with Crippen molar-refractivity contribution in [3.05, 3.63) is 48.2 Å². The first kappa shape index (κ1) is 23.3. The number of aliphatic hydroxyl groups is 1. The molecule has 1 aromatic heterocycles. The Hall–Kier alpha value is -2.41. The summed E-state index contributed by atoms with van der Waals surface area (Å²) in [5.41, 5.74) is 2.68. The molecular formula is C19H23F3N4O4S. The molecule has 1 aliphatic rings. The highest BCUT2D eigenvalue weighted by atomic mass is 32.2. The molecule has 2 heterocycles. The van der Waals surface area contributed by atoms with E-state index in [1.165, 1.54) is 46.9 Å². The van der Waals surface area contributed by atoms with Gasteiger partial charge in [0.25, 0.3) is 0 Å². The molecule has 3 rings (SSSR count). The van der Waals surface area contributed by atoms with Gasteiger partial charge in [0, 0.05) is 45.2 Å². The highest BCUT2D eigenvalue weighted by Crippen LogP contribution is 2.39. The second-order valence-corrected chi connectivity index (χ2v) is 9.09. The fourth-order valence-electron chi connectivity index (χ4n) is 3.37. The number of aromatic nitrogens is 1. The number of methoxy groups -OCH3 is 1. The molecular weight excluding hydrogens is 437 g/mol. The molecule has 1 saturated heterocycles. The van der Waals surface area contributed by atoms with E-state index in [1.54, 1.807) is 0 Å². The van der Waals surface area contributed by atoms with E-state index in [4.69, 9.17) is 5.73 Å². The van der Waals surface area contributed by atoms with Gasteiger partial charge in [-0.15, -0.1) is 0 Å². The molecule has 1 atom stereocenters. The molecule has 0 aliphatic carbocycles. The summed E-state index contributed by atoms with van der Waals surface area (Å²) in [5.74, 6) is 0.218. The molecule has 0 saturated carbocycles. The molecule has 2 aromatic rings. The molecule has 1 aliphatic heterocycles. The summed E-state index contributed by atoms with van der Waals surface area (Å²) < 4.78 is 71.4. The zero-order valence-corrected chi connectivity index (χ0v) is 17.5. The van der Waals surface area contributed by atoms with Crippen molar-refractivity contribution in [2.45, 2.75) is 16.7 Å². The van der Waals surface area contributed by atoms with E-state index in [0.717, 1.165) is 7.11 Å². The molecule has 12 heteroatoms. The molecule has 0 bridgehead atoms. The van der Waals surface area contributed by atoms with Crippen LogP contribution in [0.5, 0.6) is 0 Å². The summed E-state index contributed by atoms with van der Waals surface area (Å²) in [6.07, 6.45) is -3.70. The number of ether oxygens (including phenoxy) is 1. The Kier molecular flexibility index (Phi) is 6.46. The van der Waals surface area contributed by atoms with Gasteiger partial charge < -0.3 is 20.5 Å². The Labute approximate surface area is 178 Å². The van der Waals surface area contributed by atoms with E-state index in [2.05, 4.69) is 9.72 Å². The topological polar surface area (TPSA) is 109 Å². The minimum atomic E-state index is -4.90. The summed E-state index contributed by atoms with van der Waals surface area (Å²) >= 11 is 0. The van der Waals surface area contributed by atoms with Gasteiger partial charge in [-0.3, -0.25) is 0 Å². The van der Waals surface area contributed by atoms with Gasteiger partial charge in [0.2, 0.25) is 15.6 Å². The number of sulfonamides is 1. The zero-order chi connectivity index (χ0) is 22.9. The van der Waals surface area contributed by atoms with E-state index in [9.17, 15) is 26.7 Å². The number of anilines is 2. The maximum atomic E-state index is 13.3. The lowest BCUT2D eigenvalue weighted by Crippen LogP contribution is -2.48. The van der Waals surface area contributed by atoms with Crippen molar-refractivity contribution < 1.29 is 31.4 Å². The summed E-state index contributed by atoms with van der Waals surface area (Å²) in [6.45, 7) is 0.173. The van der Waals surface area contributed by atoms with E-state index in [-0.39, 0.29) is 29.4 Å². The van der Waals surface area contributed by atoms with Crippen LogP contribution in [0.2, 0.25) is 0 Å². The second-order valence-electron chi connectivity index (χ2n) is 7.15. The van der Waals surface area contributed by atoms with Crippen LogP contribution < -0.4 is 10.6 Å². The molecule has 0 spiro atoms. The number of nitrogens with zero attached hydrogens (tertiary/aromatic N) is 3. The lowest BCUT2D eigenvalue weighted by molar-refractivity contribution is -0.280. The van der Waals surface area contributed by atoms with Crippen LogP contribution >= 0.6 is 0 Å². The lowest BCUT2D eigenvalue weighted by atomic mass is 9.93. The quantitative estimate of drug-likeness (QED) is 0.674. The van der Waals surface area contributed by atoms with E-state index in [0.29, 0.717) is 18.8 Å². The van der Waals surface area contributed by atoms with Gasteiger partial charge in [0.15, 0.2) is 0 Å². The average molecular weight is 460 g/mol. The number of benzene rings is 1. The van der Waals surface area contributed by atoms with Crippen molar-refractivity contribution in [1.82, 2.24) is 9.29 Å². The summed E-state index contributed by atoms with van der Waals surface area (Å²) in [7, 11) is -2.63. The molecule has 170 valence electrons. The van der Waals surface area contributed by atoms with Crippen molar-refractivity contribution in [2.24, 2.45) is 0 Å². The first-order valence-electron chi connectivity index (χ1n) is 9.34. The Balaban J connectivity index is 1.71.